The zero-order valence-corrected chi connectivity index (χ0v) is 12.4. The topological polar surface area (TPSA) is 59.8 Å². The van der Waals surface area contributed by atoms with Gasteiger partial charge in [0.25, 0.3) is 0 Å². The van der Waals surface area contributed by atoms with Crippen molar-refractivity contribution in [1.29, 1.82) is 0 Å². The Balaban J connectivity index is 2.17. The number of nitrogens with one attached hydrogen (secondary N) is 1. The molecule has 2 heterocycles. The van der Waals surface area contributed by atoms with Gasteiger partial charge in [0.2, 0.25) is 0 Å². The third-order valence-corrected chi connectivity index (χ3v) is 3.54. The van der Waals surface area contributed by atoms with Gasteiger partial charge in [-0.25, -0.2) is 4.68 Å². The summed E-state index contributed by atoms with van der Waals surface area (Å²) in [5, 5.41) is 7.90. The van der Waals surface area contributed by atoms with E-state index in [0.29, 0.717) is 5.69 Å². The van der Waals surface area contributed by atoms with Gasteiger partial charge in [-0.05, 0) is 31.2 Å². The van der Waals surface area contributed by atoms with Crippen molar-refractivity contribution in [3.63, 3.8) is 0 Å². The minimum absolute atomic E-state index is 0.400. The number of hydrogen-bond donors (Lipinski definition) is 1. The molecule has 22 heavy (non-hydrogen) atoms. The fraction of sp³-hybridized carbons (Fsp3) is 0.118. The zero-order valence-electron chi connectivity index (χ0n) is 12.4. The monoisotopic (exact) mass is 292 g/mol. The highest BCUT2D eigenvalue weighted by molar-refractivity contribution is 5.77. The van der Waals surface area contributed by atoms with Crippen LogP contribution in [0.2, 0.25) is 0 Å². The second-order valence-corrected chi connectivity index (χ2v) is 4.91. The number of rotatable bonds is 4. The van der Waals surface area contributed by atoms with Crippen LogP contribution in [0.5, 0.6) is 0 Å². The Morgan fingerprint density at radius 2 is 1.95 bits per heavy atom. The molecule has 0 unspecified atom stereocenters. The molecule has 0 fully saturated rings. The minimum Gasteiger partial charge on any atom is -0.373 e. The van der Waals surface area contributed by atoms with Crippen LogP contribution in [0.15, 0.2) is 48.7 Å². The van der Waals surface area contributed by atoms with Crippen LogP contribution < -0.4 is 5.32 Å². The molecule has 1 N–H and O–H groups in total. The summed E-state index contributed by atoms with van der Waals surface area (Å²) in [6.45, 7) is 2.01. The van der Waals surface area contributed by atoms with Gasteiger partial charge in [0, 0.05) is 24.4 Å². The molecule has 3 aromatic rings. The first-order chi connectivity index (χ1) is 10.7. The summed E-state index contributed by atoms with van der Waals surface area (Å²) in [6.07, 6.45) is 2.37. The van der Waals surface area contributed by atoms with Gasteiger partial charge >= 0.3 is 0 Å². The maximum Gasteiger partial charge on any atom is 0.168 e. The summed E-state index contributed by atoms with van der Waals surface area (Å²) >= 11 is 0. The van der Waals surface area contributed by atoms with Gasteiger partial charge in [-0.1, -0.05) is 18.2 Å². The highest BCUT2D eigenvalue weighted by Crippen LogP contribution is 2.29. The molecule has 5 nitrogen and oxygen atoms in total. The number of benzene rings is 1. The molecule has 3 rings (SSSR count). The third-order valence-electron chi connectivity index (χ3n) is 3.54. The van der Waals surface area contributed by atoms with Crippen molar-refractivity contribution in [2.75, 3.05) is 12.4 Å². The van der Waals surface area contributed by atoms with Crippen LogP contribution in [0.3, 0.4) is 0 Å². The Morgan fingerprint density at radius 3 is 2.64 bits per heavy atom. The Kier molecular flexibility index (Phi) is 3.70. The van der Waals surface area contributed by atoms with Crippen molar-refractivity contribution in [2.24, 2.45) is 0 Å². The standard InChI is InChI=1S/C17H16N4O/c1-12-16(13-8-9-19-14(10-13)11-22)20-21(17(12)18-2)15-6-4-3-5-7-15/h3-11,18H,1-2H3. The maximum absolute atomic E-state index is 10.9. The first-order valence-corrected chi connectivity index (χ1v) is 6.99. The molecule has 5 heteroatoms. The molecule has 0 aliphatic heterocycles. The van der Waals surface area contributed by atoms with Gasteiger partial charge in [0.1, 0.15) is 11.5 Å². The van der Waals surface area contributed by atoms with Gasteiger partial charge in [-0.3, -0.25) is 9.78 Å². The van der Waals surface area contributed by atoms with Crippen LogP contribution in [-0.2, 0) is 0 Å². The van der Waals surface area contributed by atoms with E-state index >= 15 is 0 Å². The van der Waals surface area contributed by atoms with E-state index in [0.717, 1.165) is 34.6 Å². The van der Waals surface area contributed by atoms with E-state index in [9.17, 15) is 4.79 Å². The van der Waals surface area contributed by atoms with Crippen molar-refractivity contribution in [1.82, 2.24) is 14.8 Å². The number of aromatic nitrogens is 3. The largest absolute Gasteiger partial charge is 0.373 e. The molecule has 0 bridgehead atoms. The van der Waals surface area contributed by atoms with E-state index in [2.05, 4.69) is 10.3 Å². The summed E-state index contributed by atoms with van der Waals surface area (Å²) in [4.78, 5) is 14.9. The molecule has 0 aliphatic carbocycles. The minimum atomic E-state index is 0.400. The van der Waals surface area contributed by atoms with Crippen LogP contribution in [0, 0.1) is 6.92 Å². The molecule has 1 aromatic carbocycles. The number of carbonyl (C=O) groups is 1. The number of carbonyl (C=O) groups excluding carboxylic acids is 1. The lowest BCUT2D eigenvalue weighted by atomic mass is 10.1. The van der Waals surface area contributed by atoms with E-state index < -0.39 is 0 Å². The van der Waals surface area contributed by atoms with Crippen LogP contribution in [0.25, 0.3) is 16.9 Å². The highest BCUT2D eigenvalue weighted by Gasteiger charge is 2.16. The summed E-state index contributed by atoms with van der Waals surface area (Å²) in [5.74, 6) is 0.922. The SMILES string of the molecule is CNc1c(C)c(-c2ccnc(C=O)c2)nn1-c1ccccc1. The molecular weight excluding hydrogens is 276 g/mol. The summed E-state index contributed by atoms with van der Waals surface area (Å²) in [5.41, 5.74) is 4.11. The van der Waals surface area contributed by atoms with Crippen LogP contribution in [0.1, 0.15) is 16.1 Å². The predicted molar refractivity (Wildman–Crippen MR) is 86.5 cm³/mol. The average molecular weight is 292 g/mol. The molecule has 110 valence electrons. The normalized spacial score (nSPS) is 10.5. The fourth-order valence-electron chi connectivity index (χ4n) is 2.48. The maximum atomic E-state index is 10.9. The number of hydrogen-bond acceptors (Lipinski definition) is 4. The van der Waals surface area contributed by atoms with E-state index in [1.807, 2.05) is 55.1 Å². The lowest BCUT2D eigenvalue weighted by molar-refractivity contribution is 0.111. The second-order valence-electron chi connectivity index (χ2n) is 4.91. The van der Waals surface area contributed by atoms with Crippen molar-refractivity contribution < 1.29 is 4.79 Å². The molecule has 0 atom stereocenters. The Bertz CT molecular complexity index is 809. The van der Waals surface area contributed by atoms with Crippen LogP contribution in [-0.4, -0.2) is 28.1 Å². The molecule has 0 amide bonds. The van der Waals surface area contributed by atoms with E-state index in [1.165, 1.54) is 0 Å². The van der Waals surface area contributed by atoms with Crippen LogP contribution in [0.4, 0.5) is 5.82 Å². The van der Waals surface area contributed by atoms with E-state index in [4.69, 9.17) is 5.10 Å². The summed E-state index contributed by atoms with van der Waals surface area (Å²) < 4.78 is 1.87. The van der Waals surface area contributed by atoms with Gasteiger partial charge in [0.15, 0.2) is 6.29 Å². The molecule has 2 aromatic heterocycles. The molecule has 0 spiro atoms. The molecule has 0 saturated carbocycles. The Hall–Kier alpha value is -2.95. The van der Waals surface area contributed by atoms with Gasteiger partial charge < -0.3 is 5.32 Å². The average Bonchev–Trinajstić information content (AvgIpc) is 2.92. The Morgan fingerprint density at radius 1 is 1.18 bits per heavy atom. The molecule has 0 aliphatic rings. The van der Waals surface area contributed by atoms with Crippen molar-refractivity contribution in [3.05, 3.63) is 59.9 Å². The van der Waals surface area contributed by atoms with E-state index in [-0.39, 0.29) is 0 Å². The first-order valence-electron chi connectivity index (χ1n) is 6.99. The molecule has 0 radical (unpaired) electrons. The first kappa shape index (κ1) is 14.0. The van der Waals surface area contributed by atoms with Gasteiger partial charge in [0.05, 0.1) is 11.4 Å². The summed E-state index contributed by atoms with van der Waals surface area (Å²) in [7, 11) is 1.87. The fourth-order valence-corrected chi connectivity index (χ4v) is 2.48. The third kappa shape index (κ3) is 2.37. The van der Waals surface area contributed by atoms with Gasteiger partial charge in [-0.15, -0.1) is 0 Å². The highest BCUT2D eigenvalue weighted by atomic mass is 16.1. The number of anilines is 1. The summed E-state index contributed by atoms with van der Waals surface area (Å²) in [6, 6.07) is 13.5. The molecule has 0 saturated heterocycles. The number of para-hydroxylation sites is 1. The molecular formula is C17H16N4O. The van der Waals surface area contributed by atoms with Crippen LogP contribution >= 0.6 is 0 Å². The quantitative estimate of drug-likeness (QED) is 0.751. The van der Waals surface area contributed by atoms with E-state index in [1.54, 1.807) is 12.3 Å². The zero-order chi connectivity index (χ0) is 15.5. The number of aldehydes is 1. The number of pyridine rings is 1. The second kappa shape index (κ2) is 5.81. The van der Waals surface area contributed by atoms with Crippen molar-refractivity contribution >= 4 is 12.1 Å². The smallest absolute Gasteiger partial charge is 0.168 e. The lowest BCUT2D eigenvalue weighted by Crippen LogP contribution is -2.02. The predicted octanol–water partition coefficient (Wildman–Crippen LogP) is 3.10. The lowest BCUT2D eigenvalue weighted by Gasteiger charge is -2.06. The van der Waals surface area contributed by atoms with Crippen molar-refractivity contribution in [2.45, 2.75) is 6.92 Å². The van der Waals surface area contributed by atoms with Crippen molar-refractivity contribution in [3.8, 4) is 16.9 Å². The number of nitrogens with zero attached hydrogens (tertiary/aromatic N) is 3. The Labute approximate surface area is 128 Å². The van der Waals surface area contributed by atoms with Gasteiger partial charge in [-0.2, -0.15) is 5.10 Å².